The Morgan fingerprint density at radius 1 is 1.11 bits per heavy atom. The van der Waals surface area contributed by atoms with Crippen molar-refractivity contribution in [1.29, 1.82) is 0 Å². The molecule has 1 aromatic heterocycles. The van der Waals surface area contributed by atoms with Crippen LogP contribution < -0.4 is 15.2 Å². The van der Waals surface area contributed by atoms with Gasteiger partial charge in [0, 0.05) is 37.0 Å². The third kappa shape index (κ3) is 4.62. The highest BCUT2D eigenvalue weighted by molar-refractivity contribution is 5.85. The first-order chi connectivity index (χ1) is 16.7. The number of nitrogens with zero attached hydrogens (tertiary/aromatic N) is 4. The molecule has 0 amide bonds. The molecule has 0 fully saturated rings. The Bertz CT molecular complexity index is 1490. The number of rotatable bonds is 6. The van der Waals surface area contributed by atoms with Crippen LogP contribution in [0, 0.1) is 6.92 Å². The molecule has 7 nitrogen and oxygen atoms in total. The second-order valence-electron chi connectivity index (χ2n) is 9.02. The molecule has 0 aliphatic rings. The lowest BCUT2D eigenvalue weighted by Crippen LogP contribution is -2.21. The van der Waals surface area contributed by atoms with Crippen LogP contribution in [0.4, 0.5) is 5.69 Å². The number of aryl methyl sites for hydroxylation is 1. The highest BCUT2D eigenvalue weighted by Gasteiger charge is 2.18. The predicted molar refractivity (Wildman–Crippen MR) is 142 cm³/mol. The topological polar surface area (TPSA) is 80.0 Å². The van der Waals surface area contributed by atoms with E-state index in [1.165, 1.54) is 10.9 Å². The molecule has 1 N–H and O–H groups in total. The minimum atomic E-state index is -0.285. The second-order valence-corrected chi connectivity index (χ2v) is 9.02. The fourth-order valence-corrected chi connectivity index (χ4v) is 4.01. The van der Waals surface area contributed by atoms with Crippen molar-refractivity contribution >= 4 is 22.8 Å². The summed E-state index contributed by atoms with van der Waals surface area (Å²) >= 11 is 0. The third-order valence-electron chi connectivity index (χ3n) is 6.04. The number of phenolic OH excluding ortho intramolecular Hbond substituents is 1. The summed E-state index contributed by atoms with van der Waals surface area (Å²) < 4.78 is 6.90. The molecule has 4 aromatic rings. The van der Waals surface area contributed by atoms with Crippen LogP contribution >= 0.6 is 0 Å². The maximum absolute atomic E-state index is 13.5. The maximum atomic E-state index is 13.5. The van der Waals surface area contributed by atoms with E-state index >= 15 is 0 Å². The lowest BCUT2D eigenvalue weighted by molar-refractivity contribution is 0.407. The summed E-state index contributed by atoms with van der Waals surface area (Å²) in [6, 6.07) is 16.5. The van der Waals surface area contributed by atoms with Gasteiger partial charge < -0.3 is 14.7 Å². The molecule has 0 aliphatic heterocycles. The SMILES string of the molecule is COc1cc(C)c(-c2nc3ccccc3c(=O)n2N=Cc2ccc(N(C)C)cc2O)cc1C(C)C. The Kier molecular flexibility index (Phi) is 6.60. The average Bonchev–Trinajstić information content (AvgIpc) is 2.83. The van der Waals surface area contributed by atoms with E-state index in [9.17, 15) is 9.90 Å². The van der Waals surface area contributed by atoms with Gasteiger partial charge in [0.2, 0.25) is 0 Å². The number of methoxy groups -OCH3 is 1. The van der Waals surface area contributed by atoms with Crippen molar-refractivity contribution in [2.75, 3.05) is 26.1 Å². The standard InChI is InChI=1S/C28H30N4O3/c1-17(2)22-15-23(18(3)13-26(22)35-6)27-30-24-10-8-7-9-21(24)28(34)32(27)29-16-19-11-12-20(31(4)5)14-25(19)33/h7-17,33H,1-6H3. The number of aromatic nitrogens is 2. The highest BCUT2D eigenvalue weighted by atomic mass is 16.5. The van der Waals surface area contributed by atoms with Crippen molar-refractivity contribution < 1.29 is 9.84 Å². The monoisotopic (exact) mass is 470 g/mol. The van der Waals surface area contributed by atoms with Crippen LogP contribution in [0.25, 0.3) is 22.3 Å². The molecule has 3 aromatic carbocycles. The molecule has 0 atom stereocenters. The molecular weight excluding hydrogens is 440 g/mol. The fourth-order valence-electron chi connectivity index (χ4n) is 4.01. The number of hydrogen-bond donors (Lipinski definition) is 1. The van der Waals surface area contributed by atoms with Crippen molar-refractivity contribution in [2.24, 2.45) is 5.10 Å². The van der Waals surface area contributed by atoms with E-state index in [0.29, 0.717) is 22.3 Å². The third-order valence-corrected chi connectivity index (χ3v) is 6.04. The van der Waals surface area contributed by atoms with Crippen molar-refractivity contribution in [3.8, 4) is 22.9 Å². The number of phenols is 1. The molecule has 180 valence electrons. The molecular formula is C28H30N4O3. The summed E-state index contributed by atoms with van der Waals surface area (Å²) in [6.45, 7) is 6.15. The quantitative estimate of drug-likeness (QED) is 0.394. The minimum Gasteiger partial charge on any atom is -0.507 e. The number of aromatic hydroxyl groups is 1. The van der Waals surface area contributed by atoms with Crippen LogP contribution in [0.5, 0.6) is 11.5 Å². The summed E-state index contributed by atoms with van der Waals surface area (Å²) in [6.07, 6.45) is 1.48. The van der Waals surface area contributed by atoms with Gasteiger partial charge in [0.1, 0.15) is 11.5 Å². The fraction of sp³-hybridized carbons (Fsp3) is 0.250. The lowest BCUT2D eigenvalue weighted by Gasteiger charge is -2.17. The zero-order valence-corrected chi connectivity index (χ0v) is 20.9. The van der Waals surface area contributed by atoms with E-state index in [-0.39, 0.29) is 17.2 Å². The van der Waals surface area contributed by atoms with Crippen LogP contribution in [-0.2, 0) is 0 Å². The van der Waals surface area contributed by atoms with Gasteiger partial charge in [-0.15, -0.1) is 0 Å². The number of hydrogen-bond acceptors (Lipinski definition) is 6. The predicted octanol–water partition coefficient (Wildman–Crippen LogP) is 5.16. The van der Waals surface area contributed by atoms with Crippen LogP contribution in [0.15, 0.2) is 64.5 Å². The number of anilines is 1. The first-order valence-electron chi connectivity index (χ1n) is 11.5. The zero-order chi connectivity index (χ0) is 25.3. The molecule has 0 bridgehead atoms. The summed E-state index contributed by atoms with van der Waals surface area (Å²) in [4.78, 5) is 20.3. The van der Waals surface area contributed by atoms with Crippen molar-refractivity contribution in [3.63, 3.8) is 0 Å². The molecule has 0 spiro atoms. The number of benzene rings is 3. The van der Waals surface area contributed by atoms with Crippen LogP contribution in [-0.4, -0.2) is 42.2 Å². The van der Waals surface area contributed by atoms with E-state index in [1.807, 2.05) is 56.3 Å². The Morgan fingerprint density at radius 2 is 1.86 bits per heavy atom. The van der Waals surface area contributed by atoms with Gasteiger partial charge in [0.15, 0.2) is 5.82 Å². The highest BCUT2D eigenvalue weighted by Crippen LogP contribution is 2.34. The van der Waals surface area contributed by atoms with Crippen LogP contribution in [0.1, 0.15) is 36.5 Å². The molecule has 7 heteroatoms. The Balaban J connectivity index is 1.95. The van der Waals surface area contributed by atoms with Gasteiger partial charge in [-0.05, 0) is 60.4 Å². The summed E-state index contributed by atoms with van der Waals surface area (Å²) in [7, 11) is 5.46. The van der Waals surface area contributed by atoms with Gasteiger partial charge in [0.05, 0.1) is 24.2 Å². The molecule has 0 saturated carbocycles. The van der Waals surface area contributed by atoms with Gasteiger partial charge >= 0.3 is 0 Å². The molecule has 4 rings (SSSR count). The Labute approximate surface area is 204 Å². The van der Waals surface area contributed by atoms with Gasteiger partial charge in [-0.25, -0.2) is 4.98 Å². The number of fused-ring (bicyclic) bond motifs is 1. The lowest BCUT2D eigenvalue weighted by atomic mass is 9.96. The van der Waals surface area contributed by atoms with Gasteiger partial charge in [-0.2, -0.15) is 9.78 Å². The summed E-state index contributed by atoms with van der Waals surface area (Å²) in [5.41, 5.74) is 4.39. The molecule has 0 radical (unpaired) electrons. The van der Waals surface area contributed by atoms with E-state index in [1.54, 1.807) is 31.4 Å². The van der Waals surface area contributed by atoms with Crippen molar-refractivity contribution in [3.05, 3.63) is 81.6 Å². The second kappa shape index (κ2) is 9.62. The van der Waals surface area contributed by atoms with E-state index in [2.05, 4.69) is 18.9 Å². The van der Waals surface area contributed by atoms with Crippen molar-refractivity contribution in [1.82, 2.24) is 9.66 Å². The first kappa shape index (κ1) is 24.0. The normalized spacial score (nSPS) is 11.5. The molecule has 0 unspecified atom stereocenters. The Hall–Kier alpha value is -4.13. The largest absolute Gasteiger partial charge is 0.507 e. The molecule has 35 heavy (non-hydrogen) atoms. The van der Waals surface area contributed by atoms with Gasteiger partial charge in [-0.1, -0.05) is 26.0 Å². The minimum absolute atomic E-state index is 0.0750. The zero-order valence-electron chi connectivity index (χ0n) is 20.9. The number of para-hydroxylation sites is 1. The van der Waals surface area contributed by atoms with E-state index < -0.39 is 0 Å². The van der Waals surface area contributed by atoms with Gasteiger partial charge in [0.25, 0.3) is 5.56 Å². The maximum Gasteiger partial charge on any atom is 0.282 e. The first-order valence-corrected chi connectivity index (χ1v) is 11.5. The van der Waals surface area contributed by atoms with E-state index in [4.69, 9.17) is 9.72 Å². The van der Waals surface area contributed by atoms with Crippen LogP contribution in [0.3, 0.4) is 0 Å². The molecule has 1 heterocycles. The van der Waals surface area contributed by atoms with E-state index in [0.717, 1.165) is 28.1 Å². The van der Waals surface area contributed by atoms with Gasteiger partial charge in [-0.3, -0.25) is 4.79 Å². The van der Waals surface area contributed by atoms with Crippen LogP contribution in [0.2, 0.25) is 0 Å². The molecule has 0 aliphatic carbocycles. The summed E-state index contributed by atoms with van der Waals surface area (Å²) in [5.74, 6) is 1.51. The smallest absolute Gasteiger partial charge is 0.282 e. The summed E-state index contributed by atoms with van der Waals surface area (Å²) in [5, 5.41) is 15.5. The Morgan fingerprint density at radius 3 is 2.51 bits per heavy atom. The average molecular weight is 471 g/mol. The number of ether oxygens (including phenoxy) is 1. The van der Waals surface area contributed by atoms with Crippen molar-refractivity contribution in [2.45, 2.75) is 26.7 Å². The molecule has 0 saturated heterocycles.